The van der Waals surface area contributed by atoms with Gasteiger partial charge in [-0.1, -0.05) is 109 Å². The van der Waals surface area contributed by atoms with Crippen LogP contribution in [0.3, 0.4) is 0 Å². The molecule has 3 fully saturated rings. The second-order valence-corrected chi connectivity index (χ2v) is 15.1. The molecule has 0 aromatic heterocycles. The summed E-state index contributed by atoms with van der Waals surface area (Å²) in [6.07, 6.45) is -14.1. The van der Waals surface area contributed by atoms with Gasteiger partial charge in [0.1, 0.15) is 37.1 Å². The van der Waals surface area contributed by atoms with Crippen molar-refractivity contribution in [3.8, 4) is 0 Å². The Morgan fingerprint density at radius 3 is 1.57 bits per heavy atom. The molecule has 11 atom stereocenters. The molecule has 1 N–H and O–H groups in total. The molecule has 0 radical (unpaired) electrons. The molecule has 3 saturated heterocycles. The third-order valence-electron chi connectivity index (χ3n) is 10.8. The van der Waals surface area contributed by atoms with Crippen LogP contribution in [0.25, 0.3) is 0 Å². The zero-order valence-corrected chi connectivity index (χ0v) is 34.9. The SMILES string of the molecule is C=CCO[C@@H]1O[C@H](COC(=O)c2ccccc2)[C@@H](O[C@@H]2O[C@@H]3COC(c4ccccc4)O[C@@H]3[C@@H](O)[C@H]2OC(=O)c2ccccc2)[C@H](OC(=O)c2ccccc2)[C@H]1OC(=O)c1ccccc1. The van der Waals surface area contributed by atoms with E-state index >= 15 is 0 Å². The summed E-state index contributed by atoms with van der Waals surface area (Å²) in [5.74, 6) is -3.23. The maximum Gasteiger partial charge on any atom is 0.338 e. The minimum Gasteiger partial charge on any atom is -0.459 e. The van der Waals surface area contributed by atoms with Crippen LogP contribution in [0.15, 0.2) is 164 Å². The van der Waals surface area contributed by atoms with E-state index in [9.17, 15) is 24.3 Å². The normalized spacial score (nSPS) is 27.2. The lowest BCUT2D eigenvalue weighted by atomic mass is 9.95. The summed E-state index contributed by atoms with van der Waals surface area (Å²) in [4.78, 5) is 55.2. The van der Waals surface area contributed by atoms with E-state index in [-0.39, 0.29) is 35.5 Å². The van der Waals surface area contributed by atoms with Gasteiger partial charge in [-0.3, -0.25) is 0 Å². The molecule has 65 heavy (non-hydrogen) atoms. The Morgan fingerprint density at radius 2 is 1.05 bits per heavy atom. The Morgan fingerprint density at radius 1 is 0.569 bits per heavy atom. The van der Waals surface area contributed by atoms with E-state index in [4.69, 9.17) is 47.4 Å². The third kappa shape index (κ3) is 10.9. The monoisotopic (exact) mass is 886 g/mol. The Bertz CT molecular complexity index is 2350. The fourth-order valence-corrected chi connectivity index (χ4v) is 7.58. The molecule has 8 rings (SSSR count). The highest BCUT2D eigenvalue weighted by molar-refractivity contribution is 5.91. The highest BCUT2D eigenvalue weighted by Crippen LogP contribution is 2.39. The van der Waals surface area contributed by atoms with Gasteiger partial charge in [-0.25, -0.2) is 19.2 Å². The molecule has 1 unspecified atom stereocenters. The van der Waals surface area contributed by atoms with Crippen LogP contribution in [-0.4, -0.2) is 110 Å². The van der Waals surface area contributed by atoms with E-state index in [0.29, 0.717) is 5.56 Å². The smallest absolute Gasteiger partial charge is 0.338 e. The van der Waals surface area contributed by atoms with Crippen molar-refractivity contribution in [2.45, 2.75) is 67.7 Å². The molecular formula is C50H46O15. The number of fused-ring (bicyclic) bond motifs is 1. The van der Waals surface area contributed by atoms with Gasteiger partial charge in [-0.2, -0.15) is 0 Å². The Labute approximate surface area is 374 Å². The second kappa shape index (κ2) is 21.4. The van der Waals surface area contributed by atoms with Crippen LogP contribution < -0.4 is 0 Å². The van der Waals surface area contributed by atoms with Gasteiger partial charge in [-0.15, -0.1) is 6.58 Å². The number of carbonyl (C=O) groups excluding carboxylic acids is 4. The second-order valence-electron chi connectivity index (χ2n) is 15.1. The topological polar surface area (TPSA) is 181 Å². The van der Waals surface area contributed by atoms with Crippen LogP contribution in [0.2, 0.25) is 0 Å². The van der Waals surface area contributed by atoms with Gasteiger partial charge in [0.2, 0.25) is 0 Å². The first kappa shape index (κ1) is 45.0. The molecule has 0 saturated carbocycles. The van der Waals surface area contributed by atoms with Crippen LogP contribution in [0, 0.1) is 0 Å². The number of esters is 4. The average Bonchev–Trinajstić information content (AvgIpc) is 3.36. The number of hydrogen-bond acceptors (Lipinski definition) is 15. The fourth-order valence-electron chi connectivity index (χ4n) is 7.58. The summed E-state index contributed by atoms with van der Waals surface area (Å²) in [6, 6.07) is 41.5. The molecule has 3 aliphatic rings. The lowest BCUT2D eigenvalue weighted by molar-refractivity contribution is -0.383. The zero-order chi connectivity index (χ0) is 45.1. The molecule has 0 amide bonds. The predicted octanol–water partition coefficient (Wildman–Crippen LogP) is 6.03. The van der Waals surface area contributed by atoms with Gasteiger partial charge in [0.25, 0.3) is 0 Å². The van der Waals surface area contributed by atoms with E-state index in [1.54, 1.807) is 97.1 Å². The number of ether oxygens (including phenoxy) is 10. The quantitative estimate of drug-likeness (QED) is 0.0731. The van der Waals surface area contributed by atoms with Crippen molar-refractivity contribution >= 4 is 23.9 Å². The Hall–Kier alpha value is -6.56. The van der Waals surface area contributed by atoms with Gasteiger partial charge >= 0.3 is 23.9 Å². The molecule has 0 aliphatic carbocycles. The van der Waals surface area contributed by atoms with Crippen LogP contribution in [0.4, 0.5) is 0 Å². The van der Waals surface area contributed by atoms with Gasteiger partial charge in [0.05, 0.1) is 35.5 Å². The number of carbonyl (C=O) groups is 4. The number of hydrogen-bond donors (Lipinski definition) is 1. The Balaban J connectivity index is 1.18. The number of aliphatic hydroxyl groups excluding tert-OH is 1. The molecule has 0 bridgehead atoms. The average molecular weight is 887 g/mol. The van der Waals surface area contributed by atoms with E-state index in [1.807, 2.05) is 18.2 Å². The molecule has 336 valence electrons. The molecule has 5 aromatic carbocycles. The van der Waals surface area contributed by atoms with E-state index < -0.39 is 98.2 Å². The lowest BCUT2D eigenvalue weighted by Crippen LogP contribution is -2.67. The summed E-state index contributed by atoms with van der Waals surface area (Å²) in [6.45, 7) is 2.99. The fraction of sp³-hybridized carbons (Fsp3) is 0.280. The summed E-state index contributed by atoms with van der Waals surface area (Å²) >= 11 is 0. The molecular weight excluding hydrogens is 841 g/mol. The standard InChI is InChI=1S/C50H46O15/c1-2-28-56-49-43(63-47(55)34-24-14-6-15-25-34)42(62-46(54)33-22-12-5-13-23-33)40(37(59-49)29-57-44(52)31-18-8-3-9-19-31)65-50-41(61-45(53)32-20-10-4-11-21-32)38(51)39-36(60-50)30-58-48(64-39)35-26-16-7-17-27-35/h2-27,36-43,48-51H,1,28-30H2/t36-,37-,38-,39+,40-,41-,42+,43-,48?,49-,50+/m1/s1. The highest BCUT2D eigenvalue weighted by Gasteiger charge is 2.57. The van der Waals surface area contributed by atoms with Crippen LogP contribution >= 0.6 is 0 Å². The van der Waals surface area contributed by atoms with Crippen molar-refractivity contribution in [2.75, 3.05) is 19.8 Å². The number of benzene rings is 5. The van der Waals surface area contributed by atoms with Gasteiger partial charge in [0.15, 0.2) is 37.2 Å². The van der Waals surface area contributed by atoms with Gasteiger partial charge in [0, 0.05) is 5.56 Å². The van der Waals surface area contributed by atoms with Crippen molar-refractivity contribution < 1.29 is 71.7 Å². The van der Waals surface area contributed by atoms with Crippen molar-refractivity contribution in [3.05, 3.63) is 192 Å². The maximum absolute atomic E-state index is 14.1. The van der Waals surface area contributed by atoms with E-state index in [1.165, 1.54) is 42.5 Å². The summed E-state index contributed by atoms with van der Waals surface area (Å²) in [5.41, 5.74) is 1.35. The predicted molar refractivity (Wildman–Crippen MR) is 228 cm³/mol. The molecule has 3 aliphatic heterocycles. The molecule has 5 aromatic rings. The largest absolute Gasteiger partial charge is 0.459 e. The number of rotatable bonds is 15. The minimum absolute atomic E-state index is 0.0962. The van der Waals surface area contributed by atoms with E-state index in [0.717, 1.165) is 0 Å². The Kier molecular flexibility index (Phi) is 14.8. The van der Waals surface area contributed by atoms with Crippen molar-refractivity contribution in [2.24, 2.45) is 0 Å². The molecule has 0 spiro atoms. The summed E-state index contributed by atoms with van der Waals surface area (Å²) in [5, 5.41) is 12.2. The van der Waals surface area contributed by atoms with Crippen LogP contribution in [-0.2, 0) is 47.4 Å². The molecule has 3 heterocycles. The first-order chi connectivity index (χ1) is 31.8. The highest BCUT2D eigenvalue weighted by atomic mass is 16.8. The lowest BCUT2D eigenvalue weighted by Gasteiger charge is -2.50. The minimum atomic E-state index is -1.67. The van der Waals surface area contributed by atoms with Crippen LogP contribution in [0.1, 0.15) is 53.3 Å². The zero-order valence-electron chi connectivity index (χ0n) is 34.9. The first-order valence-electron chi connectivity index (χ1n) is 21.0. The van der Waals surface area contributed by atoms with Crippen molar-refractivity contribution in [1.82, 2.24) is 0 Å². The van der Waals surface area contributed by atoms with Crippen molar-refractivity contribution in [1.29, 1.82) is 0 Å². The molecule has 15 heteroatoms. The molecule has 15 nitrogen and oxygen atoms in total. The number of aliphatic hydroxyl groups is 1. The van der Waals surface area contributed by atoms with Gasteiger partial charge < -0.3 is 52.5 Å². The maximum atomic E-state index is 14.1. The van der Waals surface area contributed by atoms with Crippen LogP contribution in [0.5, 0.6) is 0 Å². The first-order valence-corrected chi connectivity index (χ1v) is 21.0. The van der Waals surface area contributed by atoms with Crippen molar-refractivity contribution in [3.63, 3.8) is 0 Å². The summed E-state index contributed by atoms with van der Waals surface area (Å²) in [7, 11) is 0. The summed E-state index contributed by atoms with van der Waals surface area (Å²) < 4.78 is 62.2. The van der Waals surface area contributed by atoms with E-state index in [2.05, 4.69) is 6.58 Å². The van der Waals surface area contributed by atoms with Gasteiger partial charge in [-0.05, 0) is 48.5 Å². The third-order valence-corrected chi connectivity index (χ3v) is 10.8.